The second-order valence-corrected chi connectivity index (χ2v) is 4.64. The number of hydrogen-bond acceptors (Lipinski definition) is 5. The van der Waals surface area contributed by atoms with Crippen molar-refractivity contribution >= 4 is 5.69 Å². The highest BCUT2D eigenvalue weighted by Crippen LogP contribution is 2.30. The number of nitro groups is 1. The standard InChI is InChI=1S/C16H18N2O4/c1-21-15-9-5-7-13(16(15)22-2)11-17-10-12-6-3-4-8-14(12)18(19)20/h3-9,17H,10-11H2,1-2H3. The van der Waals surface area contributed by atoms with Gasteiger partial charge in [0.25, 0.3) is 5.69 Å². The Morgan fingerprint density at radius 1 is 1.00 bits per heavy atom. The Bertz CT molecular complexity index is 658. The minimum absolute atomic E-state index is 0.118. The molecular formula is C16H18N2O4. The van der Waals surface area contributed by atoms with Crippen molar-refractivity contribution in [1.29, 1.82) is 0 Å². The number of nitrogens with one attached hydrogen (secondary N) is 1. The molecule has 6 heteroatoms. The molecule has 0 spiro atoms. The summed E-state index contributed by atoms with van der Waals surface area (Å²) in [5, 5.41) is 14.2. The van der Waals surface area contributed by atoms with Crippen molar-refractivity contribution in [3.8, 4) is 11.5 Å². The minimum Gasteiger partial charge on any atom is -0.493 e. The molecule has 0 aliphatic rings. The second-order valence-electron chi connectivity index (χ2n) is 4.64. The van der Waals surface area contributed by atoms with Crippen molar-refractivity contribution < 1.29 is 14.4 Å². The average molecular weight is 302 g/mol. The van der Waals surface area contributed by atoms with Gasteiger partial charge in [-0.2, -0.15) is 0 Å². The fourth-order valence-electron chi connectivity index (χ4n) is 2.26. The number of hydrogen-bond donors (Lipinski definition) is 1. The summed E-state index contributed by atoms with van der Waals surface area (Å²) in [6.07, 6.45) is 0. The smallest absolute Gasteiger partial charge is 0.273 e. The van der Waals surface area contributed by atoms with Crippen LogP contribution in [0, 0.1) is 10.1 Å². The first-order chi connectivity index (χ1) is 10.7. The molecule has 2 rings (SSSR count). The van der Waals surface area contributed by atoms with E-state index in [-0.39, 0.29) is 10.6 Å². The second kappa shape index (κ2) is 7.42. The molecule has 0 radical (unpaired) electrons. The summed E-state index contributed by atoms with van der Waals surface area (Å²) in [6, 6.07) is 12.3. The highest BCUT2D eigenvalue weighted by atomic mass is 16.6. The first kappa shape index (κ1) is 15.8. The van der Waals surface area contributed by atoms with Crippen molar-refractivity contribution in [3.63, 3.8) is 0 Å². The van der Waals surface area contributed by atoms with Crippen molar-refractivity contribution in [2.45, 2.75) is 13.1 Å². The lowest BCUT2D eigenvalue weighted by atomic mass is 10.1. The number of nitro benzene ring substituents is 1. The van der Waals surface area contributed by atoms with Gasteiger partial charge in [-0.15, -0.1) is 0 Å². The predicted molar refractivity (Wildman–Crippen MR) is 83.2 cm³/mol. The van der Waals surface area contributed by atoms with Crippen molar-refractivity contribution in [2.24, 2.45) is 0 Å². The van der Waals surface area contributed by atoms with Gasteiger partial charge in [0.1, 0.15) is 0 Å². The van der Waals surface area contributed by atoms with Gasteiger partial charge in [0.05, 0.1) is 19.1 Å². The van der Waals surface area contributed by atoms with E-state index in [1.807, 2.05) is 18.2 Å². The highest BCUT2D eigenvalue weighted by Gasteiger charge is 2.13. The number of methoxy groups -OCH3 is 2. The molecule has 0 atom stereocenters. The summed E-state index contributed by atoms with van der Waals surface area (Å²) in [5.41, 5.74) is 1.70. The summed E-state index contributed by atoms with van der Waals surface area (Å²) >= 11 is 0. The summed E-state index contributed by atoms with van der Waals surface area (Å²) in [7, 11) is 3.17. The Balaban J connectivity index is 2.08. The molecule has 0 saturated heterocycles. The molecule has 2 aromatic rings. The quantitative estimate of drug-likeness (QED) is 0.629. The topological polar surface area (TPSA) is 73.6 Å². The monoisotopic (exact) mass is 302 g/mol. The maximum atomic E-state index is 11.0. The fourth-order valence-corrected chi connectivity index (χ4v) is 2.26. The van der Waals surface area contributed by atoms with Crippen LogP contribution < -0.4 is 14.8 Å². The van der Waals surface area contributed by atoms with E-state index in [9.17, 15) is 10.1 Å². The van der Waals surface area contributed by atoms with Gasteiger partial charge in [0.2, 0.25) is 0 Å². The molecule has 1 N–H and O–H groups in total. The zero-order valence-electron chi connectivity index (χ0n) is 12.5. The van der Waals surface area contributed by atoms with Crippen molar-refractivity contribution in [3.05, 3.63) is 63.7 Å². The molecule has 0 bridgehead atoms. The molecule has 0 saturated carbocycles. The molecule has 0 unspecified atom stereocenters. The number of ether oxygens (including phenoxy) is 2. The number of rotatable bonds is 7. The van der Waals surface area contributed by atoms with E-state index >= 15 is 0 Å². The van der Waals surface area contributed by atoms with Gasteiger partial charge in [0.15, 0.2) is 11.5 Å². The molecule has 0 fully saturated rings. The Morgan fingerprint density at radius 3 is 2.36 bits per heavy atom. The third-order valence-electron chi connectivity index (χ3n) is 3.30. The Morgan fingerprint density at radius 2 is 1.68 bits per heavy atom. The zero-order chi connectivity index (χ0) is 15.9. The van der Waals surface area contributed by atoms with Crippen molar-refractivity contribution in [2.75, 3.05) is 14.2 Å². The molecule has 0 amide bonds. The lowest BCUT2D eigenvalue weighted by Gasteiger charge is -2.13. The fraction of sp³-hybridized carbons (Fsp3) is 0.250. The van der Waals surface area contributed by atoms with Crippen LogP contribution >= 0.6 is 0 Å². The predicted octanol–water partition coefficient (Wildman–Crippen LogP) is 2.90. The van der Waals surface area contributed by atoms with E-state index in [2.05, 4.69) is 5.32 Å². The summed E-state index contributed by atoms with van der Waals surface area (Å²) in [5.74, 6) is 1.33. The third-order valence-corrected chi connectivity index (χ3v) is 3.30. The molecule has 6 nitrogen and oxygen atoms in total. The number of benzene rings is 2. The normalized spacial score (nSPS) is 10.3. The summed E-state index contributed by atoms with van der Waals surface area (Å²) in [6.45, 7) is 0.921. The SMILES string of the molecule is COc1cccc(CNCc2ccccc2[N+](=O)[O-])c1OC. The van der Waals surface area contributed by atoms with Crippen LogP contribution in [-0.4, -0.2) is 19.1 Å². The van der Waals surface area contributed by atoms with Crippen molar-refractivity contribution in [1.82, 2.24) is 5.32 Å². The van der Waals surface area contributed by atoms with Gasteiger partial charge in [-0.1, -0.05) is 30.3 Å². The number of nitrogens with zero attached hydrogens (tertiary/aromatic N) is 1. The molecule has 22 heavy (non-hydrogen) atoms. The van der Waals surface area contributed by atoms with Crippen LogP contribution in [-0.2, 0) is 13.1 Å². The Hall–Kier alpha value is -2.60. The van der Waals surface area contributed by atoms with Crippen LogP contribution in [0.2, 0.25) is 0 Å². The van der Waals surface area contributed by atoms with Crippen LogP contribution in [0.5, 0.6) is 11.5 Å². The molecule has 0 aliphatic heterocycles. The lowest BCUT2D eigenvalue weighted by Crippen LogP contribution is -2.14. The maximum Gasteiger partial charge on any atom is 0.273 e. The first-order valence-corrected chi connectivity index (χ1v) is 6.80. The minimum atomic E-state index is -0.372. The molecule has 0 heterocycles. The van der Waals surface area contributed by atoms with Crippen LogP contribution in [0.25, 0.3) is 0 Å². The Labute approximate surface area is 128 Å². The van der Waals surface area contributed by atoms with Gasteiger partial charge in [-0.25, -0.2) is 0 Å². The maximum absolute atomic E-state index is 11.0. The van der Waals surface area contributed by atoms with Gasteiger partial charge in [-0.05, 0) is 6.07 Å². The summed E-state index contributed by atoms with van der Waals surface area (Å²) in [4.78, 5) is 10.6. The van der Waals surface area contributed by atoms with E-state index in [1.165, 1.54) is 6.07 Å². The molecule has 0 aliphatic carbocycles. The van der Waals surface area contributed by atoms with Crippen LogP contribution in [0.3, 0.4) is 0 Å². The van der Waals surface area contributed by atoms with E-state index in [0.29, 0.717) is 30.2 Å². The molecule has 0 aromatic heterocycles. The first-order valence-electron chi connectivity index (χ1n) is 6.80. The van der Waals surface area contributed by atoms with Crippen LogP contribution in [0.4, 0.5) is 5.69 Å². The summed E-state index contributed by atoms with van der Waals surface area (Å²) < 4.78 is 10.6. The third kappa shape index (κ3) is 3.53. The van der Waals surface area contributed by atoms with Gasteiger partial charge < -0.3 is 14.8 Å². The van der Waals surface area contributed by atoms with E-state index in [0.717, 1.165) is 5.56 Å². The van der Waals surface area contributed by atoms with Gasteiger partial charge in [0, 0.05) is 30.3 Å². The molecule has 2 aromatic carbocycles. The van der Waals surface area contributed by atoms with E-state index < -0.39 is 0 Å². The zero-order valence-corrected chi connectivity index (χ0v) is 12.5. The van der Waals surface area contributed by atoms with E-state index in [1.54, 1.807) is 32.4 Å². The van der Waals surface area contributed by atoms with E-state index in [4.69, 9.17) is 9.47 Å². The lowest BCUT2D eigenvalue weighted by molar-refractivity contribution is -0.385. The Kier molecular flexibility index (Phi) is 5.32. The highest BCUT2D eigenvalue weighted by molar-refractivity contribution is 5.46. The van der Waals surface area contributed by atoms with Gasteiger partial charge >= 0.3 is 0 Å². The van der Waals surface area contributed by atoms with Gasteiger partial charge in [-0.3, -0.25) is 10.1 Å². The molecule has 116 valence electrons. The average Bonchev–Trinajstić information content (AvgIpc) is 2.54. The largest absolute Gasteiger partial charge is 0.493 e. The molecular weight excluding hydrogens is 284 g/mol. The number of para-hydroxylation sites is 2. The van der Waals surface area contributed by atoms with Crippen LogP contribution in [0.1, 0.15) is 11.1 Å². The van der Waals surface area contributed by atoms with Crippen LogP contribution in [0.15, 0.2) is 42.5 Å².